The van der Waals surface area contributed by atoms with Gasteiger partial charge in [-0.3, -0.25) is 14.5 Å². The van der Waals surface area contributed by atoms with Gasteiger partial charge in [0.05, 0.1) is 28.4 Å². The van der Waals surface area contributed by atoms with Gasteiger partial charge in [-0.1, -0.05) is 36.5 Å². The molecule has 37 heavy (non-hydrogen) atoms. The summed E-state index contributed by atoms with van der Waals surface area (Å²) in [5.41, 5.74) is 3.53. The minimum Gasteiger partial charge on any atom is -0.507 e. The van der Waals surface area contributed by atoms with Crippen LogP contribution >= 0.6 is 11.3 Å². The molecule has 1 aromatic heterocycles. The number of aryl methyl sites for hydroxylation is 2. The molecule has 2 heterocycles. The highest BCUT2D eigenvalue weighted by atomic mass is 32.1. The lowest BCUT2D eigenvalue weighted by molar-refractivity contribution is -0.132. The summed E-state index contributed by atoms with van der Waals surface area (Å²) in [6.45, 7) is 6.48. The van der Waals surface area contributed by atoms with Gasteiger partial charge in [0.15, 0.2) is 5.13 Å². The SMILES string of the molecule is CCCOc1ccc(C(O)=C2C(=O)C(=O)N(c3nc4c(C)cc(C)cc4s3)C2c2ccc(F)cc2)cc1. The average Bonchev–Trinajstić information content (AvgIpc) is 3.42. The third kappa shape index (κ3) is 4.49. The highest BCUT2D eigenvalue weighted by Crippen LogP contribution is 2.44. The van der Waals surface area contributed by atoms with Gasteiger partial charge in [-0.15, -0.1) is 0 Å². The Bertz CT molecular complexity index is 1540. The molecule has 0 spiro atoms. The van der Waals surface area contributed by atoms with E-state index in [1.165, 1.54) is 40.5 Å². The summed E-state index contributed by atoms with van der Waals surface area (Å²) in [5.74, 6) is -1.76. The van der Waals surface area contributed by atoms with Crippen molar-refractivity contribution >= 4 is 44.1 Å². The van der Waals surface area contributed by atoms with Gasteiger partial charge in [-0.05, 0) is 79.4 Å². The van der Waals surface area contributed by atoms with Crippen LogP contribution in [0, 0.1) is 19.7 Å². The van der Waals surface area contributed by atoms with Crippen LogP contribution in [0.2, 0.25) is 0 Å². The van der Waals surface area contributed by atoms with E-state index in [-0.39, 0.29) is 11.3 Å². The molecule has 0 radical (unpaired) electrons. The van der Waals surface area contributed by atoms with E-state index in [2.05, 4.69) is 0 Å². The van der Waals surface area contributed by atoms with Gasteiger partial charge in [0.25, 0.3) is 5.78 Å². The number of aliphatic hydroxyl groups is 1. The van der Waals surface area contributed by atoms with Crippen LogP contribution in [0.1, 0.15) is 41.6 Å². The zero-order valence-electron chi connectivity index (χ0n) is 20.6. The number of ether oxygens (including phenoxy) is 1. The van der Waals surface area contributed by atoms with Crippen molar-refractivity contribution in [3.05, 3.63) is 94.3 Å². The van der Waals surface area contributed by atoms with Crippen molar-refractivity contribution in [1.82, 2.24) is 4.98 Å². The average molecular weight is 517 g/mol. The van der Waals surface area contributed by atoms with Gasteiger partial charge in [0.2, 0.25) is 0 Å². The fourth-order valence-corrected chi connectivity index (χ4v) is 5.71. The van der Waals surface area contributed by atoms with E-state index in [1.807, 2.05) is 32.9 Å². The smallest absolute Gasteiger partial charge is 0.301 e. The first-order valence-electron chi connectivity index (χ1n) is 12.0. The number of hydrogen-bond donors (Lipinski definition) is 1. The van der Waals surface area contributed by atoms with E-state index in [9.17, 15) is 19.1 Å². The maximum atomic E-state index is 13.8. The van der Waals surface area contributed by atoms with Gasteiger partial charge in [0.1, 0.15) is 17.3 Å². The van der Waals surface area contributed by atoms with Gasteiger partial charge in [0, 0.05) is 5.56 Å². The molecular formula is C29H25FN2O4S. The molecule has 1 atom stereocenters. The molecule has 1 unspecified atom stereocenters. The van der Waals surface area contributed by atoms with Crippen molar-refractivity contribution < 1.29 is 23.8 Å². The maximum absolute atomic E-state index is 13.8. The summed E-state index contributed by atoms with van der Waals surface area (Å²) in [6, 6.07) is 15.2. The molecular weight excluding hydrogens is 491 g/mol. The molecule has 1 aliphatic heterocycles. The quantitative estimate of drug-likeness (QED) is 0.181. The summed E-state index contributed by atoms with van der Waals surface area (Å²) in [7, 11) is 0. The van der Waals surface area contributed by atoms with Crippen molar-refractivity contribution in [2.24, 2.45) is 0 Å². The Hall–Kier alpha value is -4.04. The number of rotatable bonds is 6. The number of Topliss-reactive ketones (excluding diaryl/α,β-unsaturated/α-hetero) is 1. The number of nitrogens with zero attached hydrogens (tertiary/aromatic N) is 2. The number of ketones is 1. The monoisotopic (exact) mass is 516 g/mol. The Labute approximate surface area is 217 Å². The van der Waals surface area contributed by atoms with Gasteiger partial charge in [-0.25, -0.2) is 9.37 Å². The van der Waals surface area contributed by atoms with Crippen LogP contribution < -0.4 is 9.64 Å². The second-order valence-corrected chi connectivity index (χ2v) is 10.0. The molecule has 0 saturated carbocycles. The molecule has 0 bridgehead atoms. The first kappa shape index (κ1) is 24.6. The second-order valence-electron chi connectivity index (χ2n) is 9.02. The van der Waals surface area contributed by atoms with Gasteiger partial charge in [-0.2, -0.15) is 0 Å². The second kappa shape index (κ2) is 9.78. The van der Waals surface area contributed by atoms with E-state index in [4.69, 9.17) is 9.72 Å². The van der Waals surface area contributed by atoms with Gasteiger partial charge < -0.3 is 9.84 Å². The zero-order valence-corrected chi connectivity index (χ0v) is 21.4. The zero-order chi connectivity index (χ0) is 26.3. The number of benzene rings is 3. The lowest BCUT2D eigenvalue weighted by atomic mass is 9.95. The number of aromatic nitrogens is 1. The normalized spacial score (nSPS) is 17.1. The van der Waals surface area contributed by atoms with Crippen LogP contribution in [0.25, 0.3) is 16.0 Å². The molecule has 1 aliphatic rings. The molecule has 4 aromatic rings. The molecule has 6 nitrogen and oxygen atoms in total. The number of hydrogen-bond acceptors (Lipinski definition) is 6. The Morgan fingerprint density at radius 2 is 1.78 bits per heavy atom. The molecule has 1 fully saturated rings. The fourth-order valence-electron chi connectivity index (χ4n) is 4.54. The van der Waals surface area contributed by atoms with Crippen LogP contribution in [0.5, 0.6) is 5.75 Å². The molecule has 1 amide bonds. The van der Waals surface area contributed by atoms with Crippen LogP contribution in [0.3, 0.4) is 0 Å². The van der Waals surface area contributed by atoms with E-state index in [0.29, 0.717) is 28.6 Å². The van der Waals surface area contributed by atoms with E-state index in [1.54, 1.807) is 24.3 Å². The summed E-state index contributed by atoms with van der Waals surface area (Å²) < 4.78 is 20.3. The topological polar surface area (TPSA) is 79.7 Å². The third-order valence-corrected chi connectivity index (χ3v) is 7.26. The van der Waals surface area contributed by atoms with Crippen LogP contribution in [0.4, 0.5) is 9.52 Å². The first-order chi connectivity index (χ1) is 17.8. The van der Waals surface area contributed by atoms with Crippen molar-refractivity contribution in [2.75, 3.05) is 11.5 Å². The predicted octanol–water partition coefficient (Wildman–Crippen LogP) is 6.47. The van der Waals surface area contributed by atoms with Crippen molar-refractivity contribution in [3.63, 3.8) is 0 Å². The Morgan fingerprint density at radius 1 is 1.08 bits per heavy atom. The number of fused-ring (bicyclic) bond motifs is 1. The number of aliphatic hydroxyl groups excluding tert-OH is 1. The highest BCUT2D eigenvalue weighted by molar-refractivity contribution is 7.22. The Balaban J connectivity index is 1.66. The minimum absolute atomic E-state index is 0.0778. The molecule has 3 aromatic carbocycles. The molecule has 0 aliphatic carbocycles. The molecule has 8 heteroatoms. The molecule has 188 valence electrons. The number of carbonyl (C=O) groups excluding carboxylic acids is 2. The Kier molecular flexibility index (Phi) is 6.52. The van der Waals surface area contributed by atoms with E-state index < -0.39 is 23.5 Å². The number of anilines is 1. The maximum Gasteiger partial charge on any atom is 0.301 e. The summed E-state index contributed by atoms with van der Waals surface area (Å²) in [4.78, 5) is 32.8. The number of thiazole rings is 1. The Morgan fingerprint density at radius 3 is 2.46 bits per heavy atom. The fraction of sp³-hybridized carbons (Fsp3) is 0.207. The van der Waals surface area contributed by atoms with E-state index in [0.717, 1.165) is 27.8 Å². The number of amides is 1. The number of halogens is 1. The summed E-state index contributed by atoms with van der Waals surface area (Å²) in [6.07, 6.45) is 0.855. The minimum atomic E-state index is -0.974. The predicted molar refractivity (Wildman–Crippen MR) is 143 cm³/mol. The number of carbonyl (C=O) groups is 2. The van der Waals surface area contributed by atoms with Crippen LogP contribution in [-0.2, 0) is 9.59 Å². The molecule has 5 rings (SSSR count). The van der Waals surface area contributed by atoms with Gasteiger partial charge >= 0.3 is 5.91 Å². The van der Waals surface area contributed by atoms with E-state index >= 15 is 0 Å². The van der Waals surface area contributed by atoms with Crippen LogP contribution in [-0.4, -0.2) is 28.4 Å². The molecule has 1 saturated heterocycles. The first-order valence-corrected chi connectivity index (χ1v) is 12.8. The lowest BCUT2D eigenvalue weighted by Gasteiger charge is -2.23. The van der Waals surface area contributed by atoms with Crippen molar-refractivity contribution in [3.8, 4) is 5.75 Å². The van der Waals surface area contributed by atoms with Crippen molar-refractivity contribution in [1.29, 1.82) is 0 Å². The summed E-state index contributed by atoms with van der Waals surface area (Å²) in [5, 5.41) is 11.6. The van der Waals surface area contributed by atoms with Crippen molar-refractivity contribution in [2.45, 2.75) is 33.2 Å². The van der Waals surface area contributed by atoms with Crippen LogP contribution in [0.15, 0.2) is 66.2 Å². The molecule has 1 N–H and O–H groups in total. The lowest BCUT2D eigenvalue weighted by Crippen LogP contribution is -2.29. The standard InChI is InChI=1S/C29H25FN2O4S/c1-4-13-36-21-11-7-19(8-12-21)26(33)23-25(18-5-9-20(30)10-6-18)32(28(35)27(23)34)29-31-24-17(3)14-16(2)15-22(24)37-29/h5-12,14-15,25,33H,4,13H2,1-3H3. The largest absolute Gasteiger partial charge is 0.507 e. The highest BCUT2D eigenvalue weighted by Gasteiger charge is 2.48. The summed E-state index contributed by atoms with van der Waals surface area (Å²) >= 11 is 1.30. The third-order valence-electron chi connectivity index (χ3n) is 6.26.